The molecule has 0 aliphatic carbocycles. The lowest BCUT2D eigenvalue weighted by Gasteiger charge is -2.05. The van der Waals surface area contributed by atoms with Gasteiger partial charge in [-0.1, -0.05) is 11.6 Å². The maximum Gasteiger partial charge on any atom is 0.269 e. The second-order valence-corrected chi connectivity index (χ2v) is 3.91. The molecule has 0 spiro atoms. The van der Waals surface area contributed by atoms with Gasteiger partial charge in [0.1, 0.15) is 17.5 Å². The zero-order chi connectivity index (χ0) is 13.0. The van der Waals surface area contributed by atoms with Crippen LogP contribution in [0.2, 0.25) is 5.15 Å². The number of nitro benzene ring substituents is 1. The Morgan fingerprint density at radius 2 is 2.00 bits per heavy atom. The van der Waals surface area contributed by atoms with Crippen molar-refractivity contribution >= 4 is 17.3 Å². The predicted molar refractivity (Wildman–Crippen MR) is 66.7 cm³/mol. The Labute approximate surface area is 108 Å². The largest absolute Gasteiger partial charge is 0.489 e. The zero-order valence-electron chi connectivity index (χ0n) is 9.25. The van der Waals surface area contributed by atoms with E-state index in [4.69, 9.17) is 16.3 Å². The van der Waals surface area contributed by atoms with Crippen molar-refractivity contribution in [1.82, 2.24) is 4.98 Å². The maximum absolute atomic E-state index is 10.5. The number of pyridine rings is 1. The molecule has 0 amide bonds. The van der Waals surface area contributed by atoms with Crippen molar-refractivity contribution in [2.24, 2.45) is 0 Å². The number of benzene rings is 1. The Kier molecular flexibility index (Phi) is 3.74. The van der Waals surface area contributed by atoms with Crippen LogP contribution in [0.25, 0.3) is 0 Å². The molecule has 0 saturated heterocycles. The van der Waals surface area contributed by atoms with Gasteiger partial charge in [0, 0.05) is 18.3 Å². The fourth-order valence-electron chi connectivity index (χ4n) is 1.36. The van der Waals surface area contributed by atoms with Crippen LogP contribution in [0, 0.1) is 10.1 Å². The standard InChI is InChI=1S/C12H9ClN2O3/c13-12-7-9(5-6-14-12)8-18-11-3-1-10(2-4-11)15(16)17/h1-7H,8H2. The normalized spacial score (nSPS) is 10.1. The lowest BCUT2D eigenvalue weighted by atomic mass is 10.3. The summed E-state index contributed by atoms with van der Waals surface area (Å²) < 4.78 is 5.47. The predicted octanol–water partition coefficient (Wildman–Crippen LogP) is 3.22. The van der Waals surface area contributed by atoms with Gasteiger partial charge in [-0.15, -0.1) is 0 Å². The van der Waals surface area contributed by atoms with E-state index in [1.807, 2.05) is 0 Å². The molecule has 0 aliphatic heterocycles. The Morgan fingerprint density at radius 3 is 2.61 bits per heavy atom. The van der Waals surface area contributed by atoms with Crippen molar-refractivity contribution in [2.75, 3.05) is 0 Å². The molecule has 0 saturated carbocycles. The van der Waals surface area contributed by atoms with Gasteiger partial charge in [-0.05, 0) is 29.8 Å². The molecule has 1 heterocycles. The van der Waals surface area contributed by atoms with Crippen molar-refractivity contribution in [3.05, 3.63) is 63.4 Å². The van der Waals surface area contributed by atoms with E-state index >= 15 is 0 Å². The molecule has 18 heavy (non-hydrogen) atoms. The van der Waals surface area contributed by atoms with E-state index in [1.54, 1.807) is 30.5 Å². The Bertz CT molecular complexity index is 558. The lowest BCUT2D eigenvalue weighted by molar-refractivity contribution is -0.384. The zero-order valence-corrected chi connectivity index (χ0v) is 10.0. The second-order valence-electron chi connectivity index (χ2n) is 3.53. The number of hydrogen-bond donors (Lipinski definition) is 0. The monoisotopic (exact) mass is 264 g/mol. The summed E-state index contributed by atoms with van der Waals surface area (Å²) in [5, 5.41) is 10.9. The minimum Gasteiger partial charge on any atom is -0.489 e. The third-order valence-corrected chi connectivity index (χ3v) is 2.45. The van der Waals surface area contributed by atoms with E-state index in [0.29, 0.717) is 17.5 Å². The first-order chi connectivity index (χ1) is 8.65. The van der Waals surface area contributed by atoms with Crippen LogP contribution in [0.15, 0.2) is 42.6 Å². The number of aromatic nitrogens is 1. The molecular formula is C12H9ClN2O3. The summed E-state index contributed by atoms with van der Waals surface area (Å²) in [5.41, 5.74) is 0.919. The van der Waals surface area contributed by atoms with E-state index in [0.717, 1.165) is 5.56 Å². The molecule has 2 aromatic rings. The van der Waals surface area contributed by atoms with Gasteiger partial charge in [0.05, 0.1) is 4.92 Å². The molecule has 5 nitrogen and oxygen atoms in total. The summed E-state index contributed by atoms with van der Waals surface area (Å²) in [5.74, 6) is 0.563. The summed E-state index contributed by atoms with van der Waals surface area (Å²) in [6, 6.07) is 9.40. The third kappa shape index (κ3) is 3.18. The highest BCUT2D eigenvalue weighted by Gasteiger charge is 2.04. The number of halogens is 1. The summed E-state index contributed by atoms with van der Waals surface area (Å²) in [6.07, 6.45) is 1.59. The second kappa shape index (κ2) is 5.46. The van der Waals surface area contributed by atoms with Gasteiger partial charge in [0.25, 0.3) is 5.69 Å². The van der Waals surface area contributed by atoms with Gasteiger partial charge in [-0.25, -0.2) is 4.98 Å². The van der Waals surface area contributed by atoms with Gasteiger partial charge in [0.2, 0.25) is 0 Å². The summed E-state index contributed by atoms with van der Waals surface area (Å²) in [7, 11) is 0. The number of nitrogens with zero attached hydrogens (tertiary/aromatic N) is 2. The van der Waals surface area contributed by atoms with E-state index in [-0.39, 0.29) is 5.69 Å². The van der Waals surface area contributed by atoms with Crippen molar-refractivity contribution in [2.45, 2.75) is 6.61 Å². The number of ether oxygens (including phenoxy) is 1. The van der Waals surface area contributed by atoms with Crippen LogP contribution in [-0.4, -0.2) is 9.91 Å². The van der Waals surface area contributed by atoms with Crippen LogP contribution >= 0.6 is 11.6 Å². The molecule has 0 atom stereocenters. The first-order valence-electron chi connectivity index (χ1n) is 5.13. The molecular weight excluding hydrogens is 256 g/mol. The van der Waals surface area contributed by atoms with Gasteiger partial charge in [-0.2, -0.15) is 0 Å². The summed E-state index contributed by atoms with van der Waals surface area (Å²) >= 11 is 5.74. The first-order valence-corrected chi connectivity index (χ1v) is 5.50. The van der Waals surface area contributed by atoms with Crippen molar-refractivity contribution in [1.29, 1.82) is 0 Å². The molecule has 0 radical (unpaired) electrons. The van der Waals surface area contributed by atoms with Crippen LogP contribution in [0.3, 0.4) is 0 Å². The van der Waals surface area contributed by atoms with Crippen LogP contribution in [0.5, 0.6) is 5.75 Å². The fourth-order valence-corrected chi connectivity index (χ4v) is 1.56. The van der Waals surface area contributed by atoms with Crippen LogP contribution in [0.1, 0.15) is 5.56 Å². The molecule has 92 valence electrons. The molecule has 0 unspecified atom stereocenters. The number of rotatable bonds is 4. The lowest BCUT2D eigenvalue weighted by Crippen LogP contribution is -1.96. The molecule has 6 heteroatoms. The van der Waals surface area contributed by atoms with E-state index in [1.165, 1.54) is 12.1 Å². The van der Waals surface area contributed by atoms with Gasteiger partial charge in [0.15, 0.2) is 0 Å². The summed E-state index contributed by atoms with van der Waals surface area (Å²) in [6.45, 7) is 0.333. The highest BCUT2D eigenvalue weighted by atomic mass is 35.5. The van der Waals surface area contributed by atoms with Gasteiger partial charge in [-0.3, -0.25) is 10.1 Å². The van der Waals surface area contributed by atoms with E-state index < -0.39 is 4.92 Å². The molecule has 2 rings (SSSR count). The third-order valence-electron chi connectivity index (χ3n) is 2.24. The number of non-ortho nitro benzene ring substituents is 1. The average molecular weight is 265 g/mol. The average Bonchev–Trinajstić information content (AvgIpc) is 2.37. The van der Waals surface area contributed by atoms with E-state index in [9.17, 15) is 10.1 Å². The first kappa shape index (κ1) is 12.3. The van der Waals surface area contributed by atoms with Crippen LogP contribution < -0.4 is 4.74 Å². The Hall–Kier alpha value is -2.14. The Balaban J connectivity index is 2.00. The molecule has 0 bridgehead atoms. The molecule has 0 aliphatic rings. The van der Waals surface area contributed by atoms with Gasteiger partial charge < -0.3 is 4.74 Å². The maximum atomic E-state index is 10.5. The van der Waals surface area contributed by atoms with Crippen molar-refractivity contribution in [3.63, 3.8) is 0 Å². The topological polar surface area (TPSA) is 65.3 Å². The quantitative estimate of drug-likeness (QED) is 0.483. The van der Waals surface area contributed by atoms with Crippen molar-refractivity contribution in [3.8, 4) is 5.75 Å². The Morgan fingerprint density at radius 1 is 1.28 bits per heavy atom. The SMILES string of the molecule is O=[N+]([O-])c1ccc(OCc2ccnc(Cl)c2)cc1. The van der Waals surface area contributed by atoms with Crippen LogP contribution in [-0.2, 0) is 6.61 Å². The highest BCUT2D eigenvalue weighted by molar-refractivity contribution is 6.29. The van der Waals surface area contributed by atoms with Gasteiger partial charge >= 0.3 is 0 Å². The number of hydrogen-bond acceptors (Lipinski definition) is 4. The smallest absolute Gasteiger partial charge is 0.269 e. The molecule has 0 N–H and O–H groups in total. The molecule has 1 aromatic heterocycles. The van der Waals surface area contributed by atoms with Crippen molar-refractivity contribution < 1.29 is 9.66 Å². The summed E-state index contributed by atoms with van der Waals surface area (Å²) in [4.78, 5) is 13.9. The minimum atomic E-state index is -0.452. The number of nitro groups is 1. The minimum absolute atomic E-state index is 0.0364. The van der Waals surface area contributed by atoms with Crippen LogP contribution in [0.4, 0.5) is 5.69 Å². The van der Waals surface area contributed by atoms with E-state index in [2.05, 4.69) is 4.98 Å². The fraction of sp³-hybridized carbons (Fsp3) is 0.0833. The molecule has 0 fully saturated rings. The highest BCUT2D eigenvalue weighted by Crippen LogP contribution is 2.18. The molecule has 1 aromatic carbocycles.